The molecule has 1 fully saturated rings. The van der Waals surface area contributed by atoms with Crippen molar-refractivity contribution >= 4 is 18.6 Å². The molecule has 2 aliphatic heterocycles. The Morgan fingerprint density at radius 2 is 2.43 bits per heavy atom. The van der Waals surface area contributed by atoms with Crippen LogP contribution in [0.3, 0.4) is 0 Å². The van der Waals surface area contributed by atoms with E-state index in [-0.39, 0.29) is 12.4 Å². The van der Waals surface area contributed by atoms with Crippen LogP contribution < -0.4 is 21.7 Å². The molecule has 0 aromatic carbocycles. The lowest BCUT2D eigenvalue weighted by Gasteiger charge is -2.31. The zero-order valence-corrected chi connectivity index (χ0v) is 12.9. The van der Waals surface area contributed by atoms with Gasteiger partial charge in [0.25, 0.3) is 0 Å². The molecule has 2 unspecified atom stereocenters. The quantitative estimate of drug-likeness (QED) is 0.616. The largest absolute Gasteiger partial charge is 0.370 e. The molecule has 1 aromatic rings. The normalized spacial score (nSPS) is 27.7. The minimum absolute atomic E-state index is 0. The molecule has 21 heavy (non-hydrogen) atoms. The molecule has 0 bridgehead atoms. The molecule has 0 spiro atoms. The van der Waals surface area contributed by atoms with Crippen molar-refractivity contribution in [3.63, 3.8) is 0 Å². The van der Waals surface area contributed by atoms with E-state index in [9.17, 15) is 0 Å². The van der Waals surface area contributed by atoms with Gasteiger partial charge in [0, 0.05) is 32.0 Å². The third kappa shape index (κ3) is 3.55. The topological polar surface area (TPSA) is 92.3 Å². The number of aryl methyl sites for hydroxylation is 1. The number of hydrogen-bond donors (Lipinski definition) is 4. The number of allylic oxidation sites excluding steroid dienone is 1. The van der Waals surface area contributed by atoms with Gasteiger partial charge in [-0.25, -0.2) is 4.99 Å². The first kappa shape index (κ1) is 15.8. The average molecular weight is 312 g/mol. The summed E-state index contributed by atoms with van der Waals surface area (Å²) in [5.41, 5.74) is 7.14. The highest BCUT2D eigenvalue weighted by molar-refractivity contribution is 5.85. The van der Waals surface area contributed by atoms with Gasteiger partial charge in [0.2, 0.25) is 5.79 Å². The number of nitrogens with two attached hydrogens (primary N) is 1. The number of hydrogen-bond acceptors (Lipinski definition) is 6. The Morgan fingerprint density at radius 3 is 3.10 bits per heavy atom. The maximum absolute atomic E-state index is 6.31. The SMILES string of the molecule is Cl.Cn1cc(C2(N)N=CC=C(NCC3CCCN3)N2)cn1. The number of rotatable bonds is 4. The van der Waals surface area contributed by atoms with Crippen LogP contribution in [0.5, 0.6) is 0 Å². The van der Waals surface area contributed by atoms with E-state index in [1.807, 2.05) is 19.3 Å². The monoisotopic (exact) mass is 311 g/mol. The first-order valence-electron chi connectivity index (χ1n) is 6.95. The van der Waals surface area contributed by atoms with Crippen LogP contribution >= 0.6 is 12.4 Å². The standard InChI is InChI=1S/C13H21N7.ClH/c1-20-9-10(7-18-20)13(14)17-6-4-12(19-13)16-8-11-3-2-5-15-11;/h4,6-7,9,11,15-16,19H,2-3,5,8,14H2,1H3;1H. The minimum Gasteiger partial charge on any atom is -0.370 e. The van der Waals surface area contributed by atoms with E-state index in [1.54, 1.807) is 17.1 Å². The van der Waals surface area contributed by atoms with Crippen molar-refractivity contribution in [3.8, 4) is 0 Å². The van der Waals surface area contributed by atoms with Gasteiger partial charge in [-0.05, 0) is 25.5 Å². The summed E-state index contributed by atoms with van der Waals surface area (Å²) in [4.78, 5) is 4.33. The Bertz CT molecular complexity index is 532. The van der Waals surface area contributed by atoms with Gasteiger partial charge in [0.15, 0.2) is 0 Å². The molecule has 3 rings (SSSR count). The number of aliphatic imine (C=N–C) groups is 1. The summed E-state index contributed by atoms with van der Waals surface area (Å²) in [7, 11) is 1.86. The Hall–Kier alpha value is -1.57. The summed E-state index contributed by atoms with van der Waals surface area (Å²) in [6.45, 7) is 1.99. The van der Waals surface area contributed by atoms with Crippen LogP contribution in [0.25, 0.3) is 0 Å². The molecule has 0 amide bonds. The molecule has 2 aliphatic rings. The van der Waals surface area contributed by atoms with Gasteiger partial charge in [0.05, 0.1) is 11.8 Å². The molecular weight excluding hydrogens is 290 g/mol. The van der Waals surface area contributed by atoms with Crippen molar-refractivity contribution < 1.29 is 0 Å². The van der Waals surface area contributed by atoms with Crippen molar-refractivity contribution in [2.45, 2.75) is 24.7 Å². The first-order valence-corrected chi connectivity index (χ1v) is 6.95. The lowest BCUT2D eigenvalue weighted by molar-refractivity contribution is 0.377. The Balaban J connectivity index is 0.00000161. The summed E-state index contributed by atoms with van der Waals surface area (Å²) in [6.07, 6.45) is 9.68. The second kappa shape index (κ2) is 6.46. The van der Waals surface area contributed by atoms with E-state index in [2.05, 4.69) is 26.0 Å². The van der Waals surface area contributed by atoms with Crippen LogP contribution in [-0.4, -0.2) is 35.1 Å². The van der Waals surface area contributed by atoms with Crippen molar-refractivity contribution in [1.29, 1.82) is 0 Å². The molecule has 8 heteroatoms. The highest BCUT2D eigenvalue weighted by atomic mass is 35.5. The van der Waals surface area contributed by atoms with Gasteiger partial charge < -0.3 is 16.0 Å². The smallest absolute Gasteiger partial charge is 0.213 e. The summed E-state index contributed by atoms with van der Waals surface area (Å²) < 4.78 is 1.72. The van der Waals surface area contributed by atoms with Gasteiger partial charge in [-0.3, -0.25) is 10.4 Å². The highest BCUT2D eigenvalue weighted by Gasteiger charge is 2.30. The van der Waals surface area contributed by atoms with Crippen molar-refractivity contribution in [2.75, 3.05) is 13.1 Å². The van der Waals surface area contributed by atoms with Crippen LogP contribution in [0.15, 0.2) is 29.3 Å². The lowest BCUT2D eigenvalue weighted by Crippen LogP contribution is -2.53. The van der Waals surface area contributed by atoms with Crippen LogP contribution in [-0.2, 0) is 12.8 Å². The first-order chi connectivity index (χ1) is 9.66. The van der Waals surface area contributed by atoms with E-state index in [1.165, 1.54) is 12.8 Å². The van der Waals surface area contributed by atoms with Crippen LogP contribution in [0, 0.1) is 0 Å². The zero-order chi connectivity index (χ0) is 14.0. The zero-order valence-electron chi connectivity index (χ0n) is 12.0. The maximum atomic E-state index is 6.31. The summed E-state index contributed by atoms with van der Waals surface area (Å²) in [5, 5.41) is 14.2. The van der Waals surface area contributed by atoms with Crippen LogP contribution in [0.2, 0.25) is 0 Å². The van der Waals surface area contributed by atoms with Gasteiger partial charge in [-0.15, -0.1) is 12.4 Å². The summed E-state index contributed by atoms with van der Waals surface area (Å²) in [5.74, 6) is -0.0610. The average Bonchev–Trinajstić information content (AvgIpc) is 3.08. The third-order valence-corrected chi connectivity index (χ3v) is 3.69. The number of nitrogens with one attached hydrogen (secondary N) is 3. The molecule has 3 heterocycles. The lowest BCUT2D eigenvalue weighted by atomic mass is 10.2. The van der Waals surface area contributed by atoms with Crippen LogP contribution in [0.1, 0.15) is 18.4 Å². The van der Waals surface area contributed by atoms with E-state index in [4.69, 9.17) is 5.73 Å². The highest BCUT2D eigenvalue weighted by Crippen LogP contribution is 2.19. The second-order valence-electron chi connectivity index (χ2n) is 5.33. The van der Waals surface area contributed by atoms with E-state index in [0.29, 0.717) is 6.04 Å². The number of halogens is 1. The fourth-order valence-corrected chi connectivity index (χ4v) is 2.54. The van der Waals surface area contributed by atoms with E-state index in [0.717, 1.165) is 24.5 Å². The van der Waals surface area contributed by atoms with E-state index >= 15 is 0 Å². The molecule has 2 atom stereocenters. The molecule has 1 aromatic heterocycles. The molecule has 5 N–H and O–H groups in total. The predicted octanol–water partition coefficient (Wildman–Crippen LogP) is -0.232. The Kier molecular flexibility index (Phi) is 4.87. The number of aromatic nitrogens is 2. The maximum Gasteiger partial charge on any atom is 0.213 e. The molecule has 0 radical (unpaired) electrons. The number of nitrogens with zero attached hydrogens (tertiary/aromatic N) is 3. The molecule has 1 saturated heterocycles. The summed E-state index contributed by atoms with van der Waals surface area (Å²) in [6, 6.07) is 0.530. The molecule has 0 aliphatic carbocycles. The molecule has 116 valence electrons. The van der Waals surface area contributed by atoms with Crippen molar-refractivity contribution in [2.24, 2.45) is 17.8 Å². The Labute approximate surface area is 130 Å². The minimum atomic E-state index is -0.950. The van der Waals surface area contributed by atoms with Gasteiger partial charge >= 0.3 is 0 Å². The third-order valence-electron chi connectivity index (χ3n) is 3.69. The molecular formula is C13H22ClN7. The predicted molar refractivity (Wildman–Crippen MR) is 85.1 cm³/mol. The van der Waals surface area contributed by atoms with E-state index < -0.39 is 5.79 Å². The van der Waals surface area contributed by atoms with Gasteiger partial charge in [0.1, 0.15) is 5.82 Å². The van der Waals surface area contributed by atoms with Crippen molar-refractivity contribution in [1.82, 2.24) is 25.7 Å². The Morgan fingerprint density at radius 1 is 1.57 bits per heavy atom. The fourth-order valence-electron chi connectivity index (χ4n) is 2.54. The molecule has 7 nitrogen and oxygen atoms in total. The second-order valence-corrected chi connectivity index (χ2v) is 5.33. The van der Waals surface area contributed by atoms with Crippen molar-refractivity contribution in [3.05, 3.63) is 29.9 Å². The fraction of sp³-hybridized carbons (Fsp3) is 0.538. The van der Waals surface area contributed by atoms with Gasteiger partial charge in [-0.1, -0.05) is 0 Å². The summed E-state index contributed by atoms with van der Waals surface area (Å²) >= 11 is 0. The molecule has 0 saturated carbocycles. The van der Waals surface area contributed by atoms with Gasteiger partial charge in [-0.2, -0.15) is 5.10 Å². The van der Waals surface area contributed by atoms with Crippen LogP contribution in [0.4, 0.5) is 0 Å².